The van der Waals surface area contributed by atoms with E-state index in [2.05, 4.69) is 15.0 Å². The van der Waals surface area contributed by atoms with Gasteiger partial charge in [-0.1, -0.05) is 0 Å². The van der Waals surface area contributed by atoms with E-state index < -0.39 is 17.4 Å². The van der Waals surface area contributed by atoms with Gasteiger partial charge in [-0.05, 0) is 30.2 Å². The van der Waals surface area contributed by atoms with Gasteiger partial charge in [0.15, 0.2) is 0 Å². The van der Waals surface area contributed by atoms with Crippen molar-refractivity contribution in [3.05, 3.63) is 39.9 Å². The third-order valence-electron chi connectivity index (χ3n) is 3.13. The summed E-state index contributed by atoms with van der Waals surface area (Å²) in [5.74, 6) is -0.0315. The van der Waals surface area contributed by atoms with Crippen LogP contribution in [0, 0.1) is 6.92 Å². The van der Waals surface area contributed by atoms with Crippen molar-refractivity contribution >= 4 is 27.5 Å². The molecular formula is C13H9F3N4OS. The molecule has 0 bridgehead atoms. The minimum Gasteiger partial charge on any atom is -0.369 e. The van der Waals surface area contributed by atoms with Gasteiger partial charge in [-0.25, -0.2) is 4.98 Å². The topological polar surface area (TPSA) is 84.7 Å². The summed E-state index contributed by atoms with van der Waals surface area (Å²) in [6.07, 6.45) is -3.44. The van der Waals surface area contributed by atoms with Crippen LogP contribution >= 0.6 is 11.3 Å². The SMILES string of the molecule is Cc1c(-c2ccnc(C(F)(F)F)c2)sc2nc(N)[nH]c(=O)c12. The number of fused-ring (bicyclic) bond motifs is 1. The molecule has 0 saturated heterocycles. The zero-order chi connectivity index (χ0) is 16.1. The number of H-pyrrole nitrogens is 1. The highest BCUT2D eigenvalue weighted by atomic mass is 32.1. The first-order valence-corrected chi connectivity index (χ1v) is 6.91. The Balaban J connectivity index is 2.25. The van der Waals surface area contributed by atoms with Crippen LogP contribution in [0.25, 0.3) is 20.7 Å². The number of alkyl halides is 3. The van der Waals surface area contributed by atoms with E-state index in [0.29, 0.717) is 26.2 Å². The smallest absolute Gasteiger partial charge is 0.369 e. The fourth-order valence-corrected chi connectivity index (χ4v) is 3.35. The summed E-state index contributed by atoms with van der Waals surface area (Å²) in [6, 6.07) is 2.42. The van der Waals surface area contributed by atoms with Crippen molar-refractivity contribution in [2.24, 2.45) is 0 Å². The van der Waals surface area contributed by atoms with Crippen LogP contribution in [0.15, 0.2) is 23.1 Å². The molecule has 0 atom stereocenters. The van der Waals surface area contributed by atoms with Crippen LogP contribution in [0.2, 0.25) is 0 Å². The Morgan fingerprint density at radius 2 is 2.09 bits per heavy atom. The Hall–Kier alpha value is -2.42. The number of hydrogen-bond donors (Lipinski definition) is 2. The van der Waals surface area contributed by atoms with Crippen molar-refractivity contribution in [3.8, 4) is 10.4 Å². The molecule has 22 heavy (non-hydrogen) atoms. The Morgan fingerprint density at radius 1 is 1.36 bits per heavy atom. The van der Waals surface area contributed by atoms with Crippen LogP contribution in [0.1, 0.15) is 11.3 Å². The highest BCUT2D eigenvalue weighted by Gasteiger charge is 2.32. The number of aromatic amines is 1. The number of nitrogen functional groups attached to an aromatic ring is 1. The predicted octanol–water partition coefficient (Wildman–Crippen LogP) is 2.96. The Bertz CT molecular complexity index is 929. The summed E-state index contributed by atoms with van der Waals surface area (Å²) < 4.78 is 38.3. The van der Waals surface area contributed by atoms with Gasteiger partial charge in [0.1, 0.15) is 10.5 Å². The lowest BCUT2D eigenvalue weighted by atomic mass is 10.1. The summed E-state index contributed by atoms with van der Waals surface area (Å²) in [6.45, 7) is 1.66. The van der Waals surface area contributed by atoms with Crippen LogP contribution in [0.4, 0.5) is 19.1 Å². The molecule has 3 heterocycles. The van der Waals surface area contributed by atoms with Crippen molar-refractivity contribution in [1.29, 1.82) is 0 Å². The Morgan fingerprint density at radius 3 is 2.77 bits per heavy atom. The van der Waals surface area contributed by atoms with Gasteiger partial charge >= 0.3 is 6.18 Å². The molecule has 0 unspecified atom stereocenters. The van der Waals surface area contributed by atoms with Gasteiger partial charge < -0.3 is 5.73 Å². The van der Waals surface area contributed by atoms with Gasteiger partial charge in [0.25, 0.3) is 5.56 Å². The second kappa shape index (κ2) is 4.80. The van der Waals surface area contributed by atoms with Crippen LogP contribution in [0.5, 0.6) is 0 Å². The molecule has 0 spiro atoms. The van der Waals surface area contributed by atoms with Gasteiger partial charge in [0.05, 0.1) is 5.39 Å². The fraction of sp³-hybridized carbons (Fsp3) is 0.154. The lowest BCUT2D eigenvalue weighted by Gasteiger charge is -2.07. The molecule has 0 amide bonds. The maximum Gasteiger partial charge on any atom is 0.433 e. The number of anilines is 1. The van der Waals surface area contributed by atoms with Gasteiger partial charge in [0, 0.05) is 11.1 Å². The molecule has 114 valence electrons. The minimum atomic E-state index is -4.53. The molecular weight excluding hydrogens is 317 g/mol. The number of thiophene rings is 1. The van der Waals surface area contributed by atoms with Gasteiger partial charge in [-0.15, -0.1) is 11.3 Å². The van der Waals surface area contributed by atoms with Gasteiger partial charge in [-0.3, -0.25) is 14.8 Å². The molecule has 0 aliphatic carbocycles. The number of nitrogens with zero attached hydrogens (tertiary/aromatic N) is 2. The number of hydrogen-bond acceptors (Lipinski definition) is 5. The van der Waals surface area contributed by atoms with E-state index in [1.807, 2.05) is 0 Å². The molecule has 0 fully saturated rings. The average molecular weight is 326 g/mol. The molecule has 5 nitrogen and oxygen atoms in total. The second-order valence-corrected chi connectivity index (χ2v) is 5.61. The molecule has 3 aromatic heterocycles. The minimum absolute atomic E-state index is 0.0315. The quantitative estimate of drug-likeness (QED) is 0.720. The molecule has 0 radical (unpaired) electrons. The zero-order valence-corrected chi connectivity index (χ0v) is 12.0. The summed E-state index contributed by atoms with van der Waals surface area (Å²) >= 11 is 1.12. The molecule has 0 aliphatic rings. The average Bonchev–Trinajstić information content (AvgIpc) is 2.75. The van der Waals surface area contributed by atoms with E-state index in [9.17, 15) is 18.0 Å². The molecule has 3 aromatic rings. The number of aromatic nitrogens is 3. The number of nitrogens with two attached hydrogens (primary N) is 1. The van der Waals surface area contributed by atoms with Crippen molar-refractivity contribution in [3.63, 3.8) is 0 Å². The molecule has 0 aromatic carbocycles. The molecule has 0 aliphatic heterocycles. The Labute approximate surface area is 125 Å². The highest BCUT2D eigenvalue weighted by molar-refractivity contribution is 7.22. The van der Waals surface area contributed by atoms with Crippen LogP contribution in [0.3, 0.4) is 0 Å². The maximum atomic E-state index is 12.8. The maximum absolute atomic E-state index is 12.8. The number of aryl methyl sites for hydroxylation is 1. The molecule has 3 rings (SSSR count). The van der Waals surface area contributed by atoms with Crippen molar-refractivity contribution < 1.29 is 13.2 Å². The van der Waals surface area contributed by atoms with E-state index in [1.165, 1.54) is 6.07 Å². The number of rotatable bonds is 1. The van der Waals surface area contributed by atoms with Crippen LogP contribution in [-0.2, 0) is 6.18 Å². The van der Waals surface area contributed by atoms with Crippen molar-refractivity contribution in [2.45, 2.75) is 13.1 Å². The molecule has 0 saturated carbocycles. The van der Waals surface area contributed by atoms with E-state index in [0.717, 1.165) is 23.6 Å². The molecule has 3 N–H and O–H groups in total. The monoisotopic (exact) mass is 326 g/mol. The molecule has 9 heteroatoms. The van der Waals surface area contributed by atoms with Gasteiger partial charge in [0.2, 0.25) is 5.95 Å². The van der Waals surface area contributed by atoms with E-state index in [-0.39, 0.29) is 5.95 Å². The van der Waals surface area contributed by atoms with Crippen LogP contribution in [-0.4, -0.2) is 15.0 Å². The Kier molecular flexibility index (Phi) is 3.17. The predicted molar refractivity (Wildman–Crippen MR) is 77.6 cm³/mol. The number of pyridine rings is 1. The van der Waals surface area contributed by atoms with Crippen molar-refractivity contribution in [1.82, 2.24) is 15.0 Å². The summed E-state index contributed by atoms with van der Waals surface area (Å²) in [5, 5.41) is 0.333. The van der Waals surface area contributed by atoms with E-state index in [1.54, 1.807) is 6.92 Å². The summed E-state index contributed by atoms with van der Waals surface area (Å²) in [4.78, 5) is 22.6. The number of halogens is 3. The first kappa shape index (κ1) is 14.5. The first-order chi connectivity index (χ1) is 10.3. The first-order valence-electron chi connectivity index (χ1n) is 6.10. The van der Waals surface area contributed by atoms with Gasteiger partial charge in [-0.2, -0.15) is 13.2 Å². The van der Waals surface area contributed by atoms with E-state index >= 15 is 0 Å². The lowest BCUT2D eigenvalue weighted by Crippen LogP contribution is -2.10. The van der Waals surface area contributed by atoms with Crippen LogP contribution < -0.4 is 11.3 Å². The third-order valence-corrected chi connectivity index (χ3v) is 4.37. The third kappa shape index (κ3) is 2.33. The normalized spacial score (nSPS) is 12.0. The summed E-state index contributed by atoms with van der Waals surface area (Å²) in [7, 11) is 0. The lowest BCUT2D eigenvalue weighted by molar-refractivity contribution is -0.141. The standard InChI is InChI=1S/C13H9F3N4OS/c1-5-8-10(21)19-12(17)20-11(8)22-9(5)6-2-3-18-7(4-6)13(14,15)16/h2-4H,1H3,(H3,17,19,20,21). The largest absolute Gasteiger partial charge is 0.433 e. The highest BCUT2D eigenvalue weighted by Crippen LogP contribution is 2.37. The summed E-state index contributed by atoms with van der Waals surface area (Å²) in [5.41, 5.74) is 4.99. The van der Waals surface area contributed by atoms with E-state index in [4.69, 9.17) is 5.73 Å². The number of nitrogens with one attached hydrogen (secondary N) is 1. The fourth-order valence-electron chi connectivity index (χ4n) is 2.16. The zero-order valence-electron chi connectivity index (χ0n) is 11.2. The van der Waals surface area contributed by atoms with Crippen molar-refractivity contribution in [2.75, 3.05) is 5.73 Å². The second-order valence-electron chi connectivity index (χ2n) is 4.62.